The molecule has 0 amide bonds. The molecule has 1 N–H and O–H groups in total. The summed E-state index contributed by atoms with van der Waals surface area (Å²) in [6.07, 6.45) is 6.40. The van der Waals surface area contributed by atoms with Gasteiger partial charge in [0.25, 0.3) is 0 Å². The van der Waals surface area contributed by atoms with Crippen molar-refractivity contribution in [2.75, 3.05) is 5.43 Å². The topological polar surface area (TPSA) is 50.2 Å². The first-order chi connectivity index (χ1) is 13.0. The lowest BCUT2D eigenvalue weighted by Crippen LogP contribution is -2.28. The molecule has 3 heterocycles. The largest absolute Gasteiger partial charge is 0.260 e. The van der Waals surface area contributed by atoms with Gasteiger partial charge >= 0.3 is 0 Å². The number of hydrogen-bond acceptors (Lipinski definition) is 6. The molecule has 1 aliphatic rings. The smallest absolute Gasteiger partial charge is 0.158 e. The molecule has 0 bridgehead atoms. The zero-order valence-electron chi connectivity index (χ0n) is 16.4. The first-order valence-corrected chi connectivity index (χ1v) is 11.3. The van der Waals surface area contributed by atoms with E-state index in [4.69, 9.17) is 0 Å². The lowest BCUT2D eigenvalue weighted by molar-refractivity contribution is 0.184. The second kappa shape index (κ2) is 7.32. The lowest BCUT2D eigenvalue weighted by atomic mass is 9.69. The van der Waals surface area contributed by atoms with Gasteiger partial charge in [-0.05, 0) is 54.5 Å². The molecule has 0 spiro atoms. The van der Waals surface area contributed by atoms with Crippen molar-refractivity contribution >= 4 is 44.4 Å². The van der Waals surface area contributed by atoms with Gasteiger partial charge in [0.05, 0.1) is 11.1 Å². The number of anilines is 1. The Morgan fingerprint density at radius 2 is 2.22 bits per heavy atom. The summed E-state index contributed by atoms with van der Waals surface area (Å²) in [6.45, 7) is 9.14. The molecule has 6 heteroatoms. The molecule has 3 aromatic rings. The summed E-state index contributed by atoms with van der Waals surface area (Å²) in [5, 5.41) is 7.84. The number of hydrogen-bond donors (Lipinski definition) is 1. The van der Waals surface area contributed by atoms with Crippen LogP contribution in [0.25, 0.3) is 10.2 Å². The van der Waals surface area contributed by atoms with Crippen LogP contribution in [0.15, 0.2) is 28.9 Å². The minimum atomic E-state index is 0.364. The van der Waals surface area contributed by atoms with Gasteiger partial charge in [-0.1, -0.05) is 33.3 Å². The molecule has 0 saturated heterocycles. The van der Waals surface area contributed by atoms with Gasteiger partial charge < -0.3 is 0 Å². The van der Waals surface area contributed by atoms with Crippen LogP contribution in [0.2, 0.25) is 0 Å². The summed E-state index contributed by atoms with van der Waals surface area (Å²) < 4.78 is 0. The molecule has 3 aromatic heterocycles. The van der Waals surface area contributed by atoms with Gasteiger partial charge in [0.15, 0.2) is 5.82 Å². The molecule has 0 fully saturated rings. The number of aryl methyl sites for hydroxylation is 1. The van der Waals surface area contributed by atoms with Crippen molar-refractivity contribution in [1.29, 1.82) is 0 Å². The normalized spacial score (nSPS) is 17.9. The average Bonchev–Trinajstić information content (AvgIpc) is 3.33. The Balaban J connectivity index is 1.69. The molecule has 27 heavy (non-hydrogen) atoms. The SMILES string of the molecule is CCC(C)(C)C1CCc2sc3ncnc(NN=C(C)c4cccs4)c3c2C1. The van der Waals surface area contributed by atoms with Crippen LogP contribution in [0.4, 0.5) is 5.82 Å². The third-order valence-electron chi connectivity index (χ3n) is 6.06. The van der Waals surface area contributed by atoms with Gasteiger partial charge in [-0.3, -0.25) is 5.43 Å². The third-order valence-corrected chi connectivity index (χ3v) is 8.24. The van der Waals surface area contributed by atoms with Crippen molar-refractivity contribution in [3.63, 3.8) is 0 Å². The van der Waals surface area contributed by atoms with Gasteiger partial charge in [0, 0.05) is 9.75 Å². The fraction of sp³-hybridized carbons (Fsp3) is 0.476. The molecule has 4 rings (SSSR count). The second-order valence-electron chi connectivity index (χ2n) is 7.97. The minimum absolute atomic E-state index is 0.364. The van der Waals surface area contributed by atoms with Gasteiger partial charge in [-0.15, -0.1) is 22.7 Å². The van der Waals surface area contributed by atoms with E-state index in [1.54, 1.807) is 17.7 Å². The third kappa shape index (κ3) is 3.52. The second-order valence-corrected chi connectivity index (χ2v) is 10.0. The standard InChI is InChI=1S/C21H26N4S2/c1-5-21(3,4)14-8-9-17-15(11-14)18-19(22-12-23-20(18)27-17)25-24-13(2)16-7-6-10-26-16/h6-7,10,12,14H,5,8-9,11H2,1-4H3,(H,22,23,25). The minimum Gasteiger partial charge on any atom is -0.260 e. The van der Waals surface area contributed by atoms with Crippen LogP contribution in [0.3, 0.4) is 0 Å². The van der Waals surface area contributed by atoms with Crippen LogP contribution in [-0.4, -0.2) is 15.7 Å². The first-order valence-electron chi connectivity index (χ1n) is 9.59. The molecule has 142 valence electrons. The summed E-state index contributed by atoms with van der Waals surface area (Å²) >= 11 is 3.53. The monoisotopic (exact) mass is 398 g/mol. The van der Waals surface area contributed by atoms with E-state index in [2.05, 4.69) is 52.7 Å². The Bertz CT molecular complexity index is 970. The van der Waals surface area contributed by atoms with E-state index in [1.807, 2.05) is 24.3 Å². The Morgan fingerprint density at radius 1 is 1.37 bits per heavy atom. The summed E-state index contributed by atoms with van der Waals surface area (Å²) in [7, 11) is 0. The van der Waals surface area contributed by atoms with Crippen molar-refractivity contribution in [1.82, 2.24) is 9.97 Å². The molecule has 0 aromatic carbocycles. The van der Waals surface area contributed by atoms with Crippen LogP contribution >= 0.6 is 22.7 Å². The Labute approximate surface area is 168 Å². The molecular weight excluding hydrogens is 372 g/mol. The van der Waals surface area contributed by atoms with Crippen molar-refractivity contribution in [3.05, 3.63) is 39.2 Å². The van der Waals surface area contributed by atoms with E-state index in [0.29, 0.717) is 11.3 Å². The lowest BCUT2D eigenvalue weighted by Gasteiger charge is -2.36. The van der Waals surface area contributed by atoms with E-state index >= 15 is 0 Å². The maximum atomic E-state index is 4.59. The fourth-order valence-electron chi connectivity index (χ4n) is 3.82. The first kappa shape index (κ1) is 18.6. The van der Waals surface area contributed by atoms with E-state index in [9.17, 15) is 0 Å². The zero-order chi connectivity index (χ0) is 19.0. The van der Waals surface area contributed by atoms with Gasteiger partial charge in [0.2, 0.25) is 0 Å². The molecule has 0 aliphatic heterocycles. The van der Waals surface area contributed by atoms with Gasteiger partial charge in [0.1, 0.15) is 11.2 Å². The molecule has 0 radical (unpaired) electrons. The number of nitrogens with zero attached hydrogens (tertiary/aromatic N) is 3. The van der Waals surface area contributed by atoms with E-state index in [0.717, 1.165) is 29.2 Å². The maximum absolute atomic E-state index is 4.59. The summed E-state index contributed by atoms with van der Waals surface area (Å²) in [6, 6.07) is 4.14. The number of nitrogens with one attached hydrogen (secondary N) is 1. The van der Waals surface area contributed by atoms with Crippen molar-refractivity contribution in [3.8, 4) is 0 Å². The molecular formula is C21H26N4S2. The van der Waals surface area contributed by atoms with Crippen LogP contribution in [0.5, 0.6) is 0 Å². The van der Waals surface area contributed by atoms with Crippen LogP contribution < -0.4 is 5.43 Å². The van der Waals surface area contributed by atoms with E-state index < -0.39 is 0 Å². The highest BCUT2D eigenvalue weighted by Gasteiger charge is 2.33. The number of fused-ring (bicyclic) bond motifs is 3. The van der Waals surface area contributed by atoms with Crippen molar-refractivity contribution < 1.29 is 0 Å². The maximum Gasteiger partial charge on any atom is 0.158 e. The van der Waals surface area contributed by atoms with Crippen LogP contribution in [-0.2, 0) is 12.8 Å². The highest BCUT2D eigenvalue weighted by molar-refractivity contribution is 7.19. The molecule has 1 aliphatic carbocycles. The van der Waals surface area contributed by atoms with Crippen LogP contribution in [0.1, 0.15) is 55.9 Å². The predicted molar refractivity (Wildman–Crippen MR) is 117 cm³/mol. The highest BCUT2D eigenvalue weighted by Crippen LogP contribution is 2.45. The Kier molecular flexibility index (Phi) is 5.03. The fourth-order valence-corrected chi connectivity index (χ4v) is 5.69. The molecule has 0 saturated carbocycles. The van der Waals surface area contributed by atoms with E-state index in [1.165, 1.54) is 33.5 Å². The highest BCUT2D eigenvalue weighted by atomic mass is 32.1. The number of thiophene rings is 2. The summed E-state index contributed by atoms with van der Waals surface area (Å²) in [5.41, 5.74) is 6.02. The summed E-state index contributed by atoms with van der Waals surface area (Å²) in [4.78, 5) is 12.8. The number of aromatic nitrogens is 2. The number of hydrazone groups is 1. The predicted octanol–water partition coefficient (Wildman–Crippen LogP) is 6.13. The number of rotatable bonds is 5. The van der Waals surface area contributed by atoms with Gasteiger partial charge in [-0.25, -0.2) is 9.97 Å². The van der Waals surface area contributed by atoms with Gasteiger partial charge in [-0.2, -0.15) is 5.10 Å². The zero-order valence-corrected chi connectivity index (χ0v) is 18.0. The molecule has 1 unspecified atom stereocenters. The Morgan fingerprint density at radius 3 is 2.96 bits per heavy atom. The van der Waals surface area contributed by atoms with Crippen LogP contribution in [0, 0.1) is 11.3 Å². The van der Waals surface area contributed by atoms with Crippen molar-refractivity contribution in [2.24, 2.45) is 16.4 Å². The van der Waals surface area contributed by atoms with E-state index in [-0.39, 0.29) is 0 Å². The molecule has 4 nitrogen and oxygen atoms in total. The quantitative estimate of drug-likeness (QED) is 0.415. The Hall–Kier alpha value is -1.79. The summed E-state index contributed by atoms with van der Waals surface area (Å²) in [5.74, 6) is 1.54. The van der Waals surface area contributed by atoms with Crippen molar-refractivity contribution in [2.45, 2.75) is 53.4 Å². The molecule has 1 atom stereocenters. The average molecular weight is 399 g/mol.